The van der Waals surface area contributed by atoms with E-state index in [9.17, 15) is 4.79 Å². The van der Waals surface area contributed by atoms with Crippen LogP contribution in [0.2, 0.25) is 10.0 Å². The molecule has 2 aromatic carbocycles. The molecule has 0 aromatic heterocycles. The van der Waals surface area contributed by atoms with E-state index in [-0.39, 0.29) is 5.91 Å². The molecule has 0 spiro atoms. The molecule has 0 saturated carbocycles. The molecule has 0 unspecified atom stereocenters. The van der Waals surface area contributed by atoms with Crippen LogP contribution >= 0.6 is 23.2 Å². The molecule has 1 heterocycles. The molecule has 94 valence electrons. The van der Waals surface area contributed by atoms with E-state index in [4.69, 9.17) is 23.2 Å². The van der Waals surface area contributed by atoms with Crippen molar-refractivity contribution in [1.29, 1.82) is 0 Å². The topological polar surface area (TPSA) is 29.1 Å². The third-order valence-corrected chi connectivity index (χ3v) is 3.43. The molecule has 0 atom stereocenters. The largest absolute Gasteiger partial charge is 0.321 e. The summed E-state index contributed by atoms with van der Waals surface area (Å²) in [5.41, 5.74) is 3.17. The van der Waals surface area contributed by atoms with E-state index in [0.717, 1.165) is 16.8 Å². The van der Waals surface area contributed by atoms with E-state index in [1.807, 2.05) is 24.3 Å². The fourth-order valence-corrected chi connectivity index (χ4v) is 2.33. The number of halogens is 2. The first-order chi connectivity index (χ1) is 9.13. The van der Waals surface area contributed by atoms with Gasteiger partial charge in [0.1, 0.15) is 0 Å². The molecule has 0 aliphatic carbocycles. The van der Waals surface area contributed by atoms with Gasteiger partial charge in [-0.3, -0.25) is 4.79 Å². The molecular weight excluding hydrogens is 281 g/mol. The molecule has 1 aliphatic rings. The molecule has 0 fully saturated rings. The van der Waals surface area contributed by atoms with E-state index in [1.54, 1.807) is 24.3 Å². The van der Waals surface area contributed by atoms with Gasteiger partial charge < -0.3 is 5.32 Å². The van der Waals surface area contributed by atoms with Crippen molar-refractivity contribution in [3.05, 3.63) is 63.6 Å². The van der Waals surface area contributed by atoms with Crippen LogP contribution in [0.1, 0.15) is 11.1 Å². The van der Waals surface area contributed by atoms with Gasteiger partial charge in [0.2, 0.25) is 0 Å². The Labute approximate surface area is 120 Å². The molecule has 1 amide bonds. The van der Waals surface area contributed by atoms with Crippen molar-refractivity contribution in [2.45, 2.75) is 0 Å². The average molecular weight is 290 g/mol. The third kappa shape index (κ3) is 2.37. The lowest BCUT2D eigenvalue weighted by Crippen LogP contribution is -2.03. The fourth-order valence-electron chi connectivity index (χ4n) is 2.04. The summed E-state index contributed by atoms with van der Waals surface area (Å²) in [5, 5.41) is 4.08. The minimum atomic E-state index is -0.118. The zero-order valence-corrected chi connectivity index (χ0v) is 11.3. The van der Waals surface area contributed by atoms with Crippen LogP contribution < -0.4 is 5.32 Å². The molecule has 0 radical (unpaired) electrons. The van der Waals surface area contributed by atoms with E-state index in [2.05, 4.69) is 5.32 Å². The van der Waals surface area contributed by atoms with Crippen LogP contribution in [0.5, 0.6) is 0 Å². The number of rotatable bonds is 1. The van der Waals surface area contributed by atoms with Gasteiger partial charge in [-0.2, -0.15) is 0 Å². The summed E-state index contributed by atoms with van der Waals surface area (Å²) < 4.78 is 0. The number of hydrogen-bond donors (Lipinski definition) is 1. The minimum absolute atomic E-state index is 0.118. The van der Waals surface area contributed by atoms with Gasteiger partial charge in [-0.25, -0.2) is 0 Å². The summed E-state index contributed by atoms with van der Waals surface area (Å²) >= 11 is 11.8. The van der Waals surface area contributed by atoms with Crippen molar-refractivity contribution in [2.75, 3.05) is 5.32 Å². The monoisotopic (exact) mass is 289 g/mol. The normalized spacial score (nSPS) is 15.5. The van der Waals surface area contributed by atoms with Crippen LogP contribution in [0.15, 0.2) is 42.5 Å². The van der Waals surface area contributed by atoms with E-state index >= 15 is 0 Å². The summed E-state index contributed by atoms with van der Waals surface area (Å²) in [6.07, 6.45) is 1.84. The number of benzene rings is 2. The third-order valence-electron chi connectivity index (χ3n) is 2.95. The highest BCUT2D eigenvalue weighted by molar-refractivity contribution is 6.36. The maximum atomic E-state index is 12.0. The first kappa shape index (κ1) is 12.3. The zero-order chi connectivity index (χ0) is 13.4. The Bertz CT molecular complexity index is 690. The highest BCUT2D eigenvalue weighted by Gasteiger charge is 2.23. The molecule has 2 nitrogen and oxygen atoms in total. The molecule has 0 bridgehead atoms. The van der Waals surface area contributed by atoms with Crippen molar-refractivity contribution in [3.8, 4) is 0 Å². The molecule has 0 saturated heterocycles. The lowest BCUT2D eigenvalue weighted by atomic mass is 10.0. The first-order valence-electron chi connectivity index (χ1n) is 5.72. The lowest BCUT2D eigenvalue weighted by Gasteiger charge is -1.99. The SMILES string of the molecule is O=C1Nc2cc(Cl)ccc2C1=Cc1ccc(Cl)cc1. The molecule has 19 heavy (non-hydrogen) atoms. The van der Waals surface area contributed by atoms with Gasteiger partial charge >= 0.3 is 0 Å². The molecule has 1 N–H and O–H groups in total. The van der Waals surface area contributed by atoms with Gasteiger partial charge in [0.25, 0.3) is 5.91 Å². The first-order valence-corrected chi connectivity index (χ1v) is 6.47. The van der Waals surface area contributed by atoms with Crippen LogP contribution in [-0.4, -0.2) is 5.91 Å². The van der Waals surface area contributed by atoms with Crippen LogP contribution in [0.4, 0.5) is 5.69 Å². The molecular formula is C15H9Cl2NO. The second-order valence-electron chi connectivity index (χ2n) is 4.25. The molecule has 4 heteroatoms. The van der Waals surface area contributed by atoms with E-state index in [1.165, 1.54) is 0 Å². The van der Waals surface area contributed by atoms with Crippen molar-refractivity contribution in [1.82, 2.24) is 0 Å². The predicted octanol–water partition coefficient (Wildman–Crippen LogP) is 4.49. The number of nitrogens with one attached hydrogen (secondary N) is 1. The van der Waals surface area contributed by atoms with E-state index < -0.39 is 0 Å². The highest BCUT2D eigenvalue weighted by Crippen LogP contribution is 2.34. The van der Waals surface area contributed by atoms with Crippen molar-refractivity contribution < 1.29 is 4.79 Å². The number of amides is 1. The summed E-state index contributed by atoms with van der Waals surface area (Å²) in [6, 6.07) is 12.7. The smallest absolute Gasteiger partial charge is 0.256 e. The van der Waals surface area contributed by atoms with Gasteiger partial charge in [0.15, 0.2) is 0 Å². The molecule has 1 aliphatic heterocycles. The van der Waals surface area contributed by atoms with E-state index in [0.29, 0.717) is 15.6 Å². The standard InChI is InChI=1S/C15H9Cl2NO/c16-10-3-1-9(2-4-10)7-13-12-6-5-11(17)8-14(12)18-15(13)19/h1-8H,(H,18,19). The number of fused-ring (bicyclic) bond motifs is 1. The van der Waals surface area contributed by atoms with Crippen LogP contribution in [-0.2, 0) is 4.79 Å². The van der Waals surface area contributed by atoms with Gasteiger partial charge in [-0.15, -0.1) is 0 Å². The average Bonchev–Trinajstić information content (AvgIpc) is 2.68. The molecule has 2 aromatic rings. The Kier molecular flexibility index (Phi) is 3.05. The van der Waals surface area contributed by atoms with Crippen LogP contribution in [0.25, 0.3) is 11.6 Å². The molecule has 3 rings (SSSR count). The quantitative estimate of drug-likeness (QED) is 0.770. The summed E-state index contributed by atoms with van der Waals surface area (Å²) in [5.74, 6) is -0.118. The maximum absolute atomic E-state index is 12.0. The van der Waals surface area contributed by atoms with Gasteiger partial charge in [0.05, 0.1) is 5.69 Å². The van der Waals surface area contributed by atoms with Crippen molar-refractivity contribution >= 4 is 46.4 Å². The van der Waals surface area contributed by atoms with Crippen LogP contribution in [0, 0.1) is 0 Å². The van der Waals surface area contributed by atoms with Crippen molar-refractivity contribution in [2.24, 2.45) is 0 Å². The van der Waals surface area contributed by atoms with Gasteiger partial charge in [-0.1, -0.05) is 41.4 Å². The van der Waals surface area contributed by atoms with Crippen LogP contribution in [0.3, 0.4) is 0 Å². The maximum Gasteiger partial charge on any atom is 0.256 e. The number of carbonyl (C=O) groups excluding carboxylic acids is 1. The lowest BCUT2D eigenvalue weighted by molar-refractivity contribution is -0.110. The predicted molar refractivity (Wildman–Crippen MR) is 79.4 cm³/mol. The number of carbonyl (C=O) groups is 1. The zero-order valence-electron chi connectivity index (χ0n) is 9.78. The Hall–Kier alpha value is -1.77. The number of anilines is 1. The minimum Gasteiger partial charge on any atom is -0.321 e. The Morgan fingerprint density at radius 3 is 2.37 bits per heavy atom. The van der Waals surface area contributed by atoms with Crippen molar-refractivity contribution in [3.63, 3.8) is 0 Å². The second-order valence-corrected chi connectivity index (χ2v) is 5.13. The Morgan fingerprint density at radius 1 is 0.947 bits per heavy atom. The highest BCUT2D eigenvalue weighted by atomic mass is 35.5. The van der Waals surface area contributed by atoms with Gasteiger partial charge in [-0.05, 0) is 35.9 Å². The van der Waals surface area contributed by atoms with Gasteiger partial charge in [0, 0.05) is 21.2 Å². The second kappa shape index (κ2) is 4.72. The fraction of sp³-hybridized carbons (Fsp3) is 0. The summed E-state index contributed by atoms with van der Waals surface area (Å²) in [6.45, 7) is 0. The Balaban J connectivity index is 2.06. The summed E-state index contributed by atoms with van der Waals surface area (Å²) in [4.78, 5) is 12.0. The summed E-state index contributed by atoms with van der Waals surface area (Å²) in [7, 11) is 0. The number of hydrogen-bond acceptors (Lipinski definition) is 1. The Morgan fingerprint density at radius 2 is 1.63 bits per heavy atom.